The Hall–Kier alpha value is -3.46. The van der Waals surface area contributed by atoms with Gasteiger partial charge < -0.3 is 10.1 Å². The molecule has 34 heavy (non-hydrogen) atoms. The molecule has 0 saturated carbocycles. The Bertz CT molecular complexity index is 979. The van der Waals surface area contributed by atoms with Crippen molar-refractivity contribution >= 4 is 40.7 Å². The first-order chi connectivity index (χ1) is 16.4. The number of hydrazine groups is 1. The van der Waals surface area contributed by atoms with E-state index in [9.17, 15) is 14.4 Å². The van der Waals surface area contributed by atoms with Crippen molar-refractivity contribution in [1.29, 1.82) is 0 Å². The van der Waals surface area contributed by atoms with E-state index in [0.29, 0.717) is 35.6 Å². The highest BCUT2D eigenvalue weighted by atomic mass is 32.1. The molecule has 0 aliphatic heterocycles. The standard InChI is InChI=1S/C25H32N4O4S/c1-3-5-9-17-33-21-11-8-7-10-20(21)24(32)27-25(34)29-28-23(31)18-13-15-19(16-14-18)26-22(30)12-6-4-2/h7-8,10-11,13-16H,3-6,9,12,17H2,1-2H3,(H,26,30)(H,28,31)(H2,27,29,32,34). The van der Waals surface area contributed by atoms with Crippen molar-refractivity contribution in [3.8, 4) is 5.75 Å². The summed E-state index contributed by atoms with van der Waals surface area (Å²) in [6.45, 7) is 4.66. The van der Waals surface area contributed by atoms with Crippen molar-refractivity contribution in [1.82, 2.24) is 16.2 Å². The SMILES string of the molecule is CCCCCOc1ccccc1C(=O)NC(=S)NNC(=O)c1ccc(NC(=O)CCCC)cc1. The predicted molar refractivity (Wildman–Crippen MR) is 137 cm³/mol. The van der Waals surface area contributed by atoms with Crippen LogP contribution >= 0.6 is 12.2 Å². The summed E-state index contributed by atoms with van der Waals surface area (Å²) in [5.74, 6) is -0.472. The Kier molecular flexibility index (Phi) is 11.5. The van der Waals surface area contributed by atoms with Crippen LogP contribution < -0.4 is 26.2 Å². The topological polar surface area (TPSA) is 109 Å². The van der Waals surface area contributed by atoms with E-state index in [4.69, 9.17) is 17.0 Å². The van der Waals surface area contributed by atoms with Crippen molar-refractivity contribution in [3.05, 3.63) is 59.7 Å². The lowest BCUT2D eigenvalue weighted by molar-refractivity contribution is -0.116. The maximum absolute atomic E-state index is 12.6. The van der Waals surface area contributed by atoms with Crippen LogP contribution in [0.4, 0.5) is 5.69 Å². The highest BCUT2D eigenvalue weighted by Crippen LogP contribution is 2.18. The zero-order chi connectivity index (χ0) is 24.8. The Labute approximate surface area is 205 Å². The van der Waals surface area contributed by atoms with Gasteiger partial charge in [-0.05, 0) is 61.5 Å². The number of carbonyl (C=O) groups excluding carboxylic acids is 3. The number of unbranched alkanes of at least 4 members (excludes halogenated alkanes) is 3. The molecule has 8 nitrogen and oxygen atoms in total. The molecule has 0 spiro atoms. The van der Waals surface area contributed by atoms with Crippen LogP contribution in [-0.4, -0.2) is 29.4 Å². The molecule has 0 aliphatic carbocycles. The summed E-state index contributed by atoms with van der Waals surface area (Å²) in [7, 11) is 0. The number of nitrogens with one attached hydrogen (secondary N) is 4. The van der Waals surface area contributed by atoms with Crippen molar-refractivity contribution in [2.24, 2.45) is 0 Å². The summed E-state index contributed by atoms with van der Waals surface area (Å²) in [6, 6.07) is 13.4. The van der Waals surface area contributed by atoms with E-state index < -0.39 is 11.8 Å². The average Bonchev–Trinajstić information content (AvgIpc) is 2.84. The van der Waals surface area contributed by atoms with Crippen LogP contribution in [0.1, 0.15) is 73.1 Å². The third-order valence-electron chi connectivity index (χ3n) is 4.84. The number of carbonyl (C=O) groups is 3. The summed E-state index contributed by atoms with van der Waals surface area (Å²) in [5, 5.41) is 5.26. The summed E-state index contributed by atoms with van der Waals surface area (Å²) in [5.41, 5.74) is 6.29. The lowest BCUT2D eigenvalue weighted by Gasteiger charge is -2.13. The van der Waals surface area contributed by atoms with Gasteiger partial charge in [-0.1, -0.05) is 45.2 Å². The molecular weight excluding hydrogens is 452 g/mol. The minimum absolute atomic E-state index is 0.0565. The van der Waals surface area contributed by atoms with Crippen LogP contribution in [0.5, 0.6) is 5.75 Å². The van der Waals surface area contributed by atoms with Crippen molar-refractivity contribution in [2.45, 2.75) is 52.4 Å². The fraction of sp³-hybridized carbons (Fsp3) is 0.360. The number of thiocarbonyl (C=S) groups is 1. The molecule has 0 unspecified atom stereocenters. The lowest BCUT2D eigenvalue weighted by Crippen LogP contribution is -2.48. The summed E-state index contributed by atoms with van der Waals surface area (Å²) in [6.07, 6.45) is 5.27. The maximum Gasteiger partial charge on any atom is 0.269 e. The monoisotopic (exact) mass is 484 g/mol. The molecule has 4 N–H and O–H groups in total. The van der Waals surface area contributed by atoms with E-state index in [1.807, 2.05) is 6.92 Å². The van der Waals surface area contributed by atoms with Gasteiger partial charge in [-0.2, -0.15) is 0 Å². The second-order valence-electron chi connectivity index (χ2n) is 7.64. The van der Waals surface area contributed by atoms with Gasteiger partial charge in [0.1, 0.15) is 5.75 Å². The number of anilines is 1. The summed E-state index contributed by atoms with van der Waals surface area (Å²) in [4.78, 5) is 36.8. The second-order valence-corrected chi connectivity index (χ2v) is 8.05. The molecule has 0 bridgehead atoms. The predicted octanol–water partition coefficient (Wildman–Crippen LogP) is 4.33. The van der Waals surface area contributed by atoms with Crippen LogP contribution in [-0.2, 0) is 4.79 Å². The summed E-state index contributed by atoms with van der Waals surface area (Å²) >= 11 is 5.12. The molecule has 182 valence electrons. The smallest absolute Gasteiger partial charge is 0.269 e. The van der Waals surface area contributed by atoms with Gasteiger partial charge in [-0.15, -0.1) is 0 Å². The molecule has 0 fully saturated rings. The molecule has 2 rings (SSSR count). The van der Waals surface area contributed by atoms with Gasteiger partial charge in [-0.25, -0.2) is 0 Å². The third kappa shape index (κ3) is 9.19. The lowest BCUT2D eigenvalue weighted by atomic mass is 10.2. The molecule has 2 aromatic carbocycles. The van der Waals surface area contributed by atoms with Crippen LogP contribution in [0.25, 0.3) is 0 Å². The van der Waals surface area contributed by atoms with E-state index in [0.717, 1.165) is 32.1 Å². The van der Waals surface area contributed by atoms with Gasteiger partial charge in [0.15, 0.2) is 5.11 Å². The number of ether oxygens (including phenoxy) is 1. The Morgan fingerprint density at radius 3 is 2.26 bits per heavy atom. The van der Waals surface area contributed by atoms with Crippen LogP contribution in [0.3, 0.4) is 0 Å². The van der Waals surface area contributed by atoms with E-state index in [-0.39, 0.29) is 11.0 Å². The van der Waals surface area contributed by atoms with Crippen molar-refractivity contribution < 1.29 is 19.1 Å². The quantitative estimate of drug-likeness (QED) is 0.215. The first-order valence-electron chi connectivity index (χ1n) is 11.5. The number of para-hydroxylation sites is 1. The van der Waals surface area contributed by atoms with Gasteiger partial charge in [-0.3, -0.25) is 30.6 Å². The summed E-state index contributed by atoms with van der Waals surface area (Å²) < 4.78 is 5.73. The molecule has 0 atom stereocenters. The second kappa shape index (κ2) is 14.6. The van der Waals surface area contributed by atoms with E-state index in [1.165, 1.54) is 0 Å². The minimum Gasteiger partial charge on any atom is -0.493 e. The zero-order valence-electron chi connectivity index (χ0n) is 19.6. The normalized spacial score (nSPS) is 10.2. The zero-order valence-corrected chi connectivity index (χ0v) is 20.4. The van der Waals surface area contributed by atoms with E-state index in [1.54, 1.807) is 48.5 Å². The van der Waals surface area contributed by atoms with Gasteiger partial charge in [0.25, 0.3) is 11.8 Å². The van der Waals surface area contributed by atoms with Gasteiger partial charge in [0, 0.05) is 17.7 Å². The maximum atomic E-state index is 12.6. The number of rotatable bonds is 11. The van der Waals surface area contributed by atoms with Gasteiger partial charge in [0.2, 0.25) is 5.91 Å². The number of amides is 3. The van der Waals surface area contributed by atoms with E-state index in [2.05, 4.69) is 28.4 Å². The first kappa shape index (κ1) is 26.8. The molecule has 3 amide bonds. The van der Waals surface area contributed by atoms with Crippen molar-refractivity contribution in [2.75, 3.05) is 11.9 Å². The Morgan fingerprint density at radius 1 is 0.853 bits per heavy atom. The van der Waals surface area contributed by atoms with Gasteiger partial charge in [0.05, 0.1) is 12.2 Å². The minimum atomic E-state index is -0.444. The molecule has 2 aromatic rings. The van der Waals surface area contributed by atoms with Crippen molar-refractivity contribution in [3.63, 3.8) is 0 Å². The molecule has 9 heteroatoms. The molecular formula is C25H32N4O4S. The fourth-order valence-electron chi connectivity index (χ4n) is 2.97. The molecule has 0 radical (unpaired) electrons. The molecule has 0 aromatic heterocycles. The van der Waals surface area contributed by atoms with Gasteiger partial charge >= 0.3 is 0 Å². The first-order valence-corrected chi connectivity index (χ1v) is 11.9. The largest absolute Gasteiger partial charge is 0.493 e. The van der Waals surface area contributed by atoms with E-state index >= 15 is 0 Å². The van der Waals surface area contributed by atoms with Crippen LogP contribution in [0, 0.1) is 0 Å². The number of hydrogen-bond donors (Lipinski definition) is 4. The molecule has 0 aliphatic rings. The molecule has 0 heterocycles. The number of hydrogen-bond acceptors (Lipinski definition) is 5. The third-order valence-corrected chi connectivity index (χ3v) is 5.05. The highest BCUT2D eigenvalue weighted by Gasteiger charge is 2.14. The number of benzene rings is 2. The highest BCUT2D eigenvalue weighted by molar-refractivity contribution is 7.80. The van der Waals surface area contributed by atoms with Crippen LogP contribution in [0.15, 0.2) is 48.5 Å². The Morgan fingerprint density at radius 2 is 1.56 bits per heavy atom. The van der Waals surface area contributed by atoms with Crippen LogP contribution in [0.2, 0.25) is 0 Å². The average molecular weight is 485 g/mol. The Balaban J connectivity index is 1.83. The molecule has 0 saturated heterocycles. The fourth-order valence-corrected chi connectivity index (χ4v) is 3.11.